The number of carbonyl (C=O) groups is 1. The number of amides is 1. The van der Waals surface area contributed by atoms with Gasteiger partial charge in [0.15, 0.2) is 0 Å². The van der Waals surface area contributed by atoms with Gasteiger partial charge in [-0.2, -0.15) is 4.98 Å². The number of piperazine rings is 1. The predicted octanol–water partition coefficient (Wildman–Crippen LogP) is 1.53. The van der Waals surface area contributed by atoms with Crippen LogP contribution in [0.1, 0.15) is 28.4 Å². The van der Waals surface area contributed by atoms with E-state index in [0.29, 0.717) is 31.6 Å². The van der Waals surface area contributed by atoms with Gasteiger partial charge in [-0.1, -0.05) is 18.2 Å². The molecule has 136 valence electrons. The van der Waals surface area contributed by atoms with Crippen LogP contribution in [0.4, 0.5) is 11.8 Å². The van der Waals surface area contributed by atoms with Crippen molar-refractivity contribution in [1.29, 1.82) is 0 Å². The fourth-order valence-corrected chi connectivity index (χ4v) is 3.51. The van der Waals surface area contributed by atoms with Gasteiger partial charge in [0.05, 0.1) is 12.3 Å². The highest BCUT2D eigenvalue weighted by molar-refractivity contribution is 5.94. The average Bonchev–Trinajstić information content (AvgIpc) is 3.23. The molecular formula is C19H23N5O2. The molecule has 3 heterocycles. The van der Waals surface area contributed by atoms with E-state index in [9.17, 15) is 4.79 Å². The summed E-state index contributed by atoms with van der Waals surface area (Å²) in [4.78, 5) is 25.4. The Bertz CT molecular complexity index is 769. The topological polar surface area (TPSA) is 84.6 Å². The zero-order valence-corrected chi connectivity index (χ0v) is 14.7. The molecule has 2 N–H and O–H groups in total. The first kappa shape index (κ1) is 16.8. The molecule has 2 aliphatic rings. The minimum absolute atomic E-state index is 0.0799. The summed E-state index contributed by atoms with van der Waals surface area (Å²) in [6, 6.07) is 11.4. The summed E-state index contributed by atoms with van der Waals surface area (Å²) in [6.07, 6.45) is 0.968. The second-order valence-corrected chi connectivity index (χ2v) is 6.71. The van der Waals surface area contributed by atoms with Crippen LogP contribution in [0.25, 0.3) is 0 Å². The van der Waals surface area contributed by atoms with E-state index in [1.807, 2.05) is 41.3 Å². The number of hydrogen-bond acceptors (Lipinski definition) is 6. The Hall–Kier alpha value is -2.67. The van der Waals surface area contributed by atoms with Crippen LogP contribution in [0.2, 0.25) is 0 Å². The van der Waals surface area contributed by atoms with E-state index < -0.39 is 0 Å². The summed E-state index contributed by atoms with van der Waals surface area (Å²) in [6.45, 7) is 4.25. The number of hydrogen-bond donors (Lipinski definition) is 1. The maximum absolute atomic E-state index is 12.6. The summed E-state index contributed by atoms with van der Waals surface area (Å²) in [7, 11) is 0. The molecule has 0 unspecified atom stereocenters. The molecule has 7 heteroatoms. The Morgan fingerprint density at radius 1 is 1.12 bits per heavy atom. The molecule has 0 radical (unpaired) electrons. The molecule has 2 aromatic rings. The molecule has 0 aliphatic carbocycles. The lowest BCUT2D eigenvalue weighted by atomic mass is 10.0. The first-order valence-electron chi connectivity index (χ1n) is 9.02. The van der Waals surface area contributed by atoms with Gasteiger partial charge >= 0.3 is 0 Å². The van der Waals surface area contributed by atoms with Crippen LogP contribution >= 0.6 is 0 Å². The molecule has 0 spiro atoms. The van der Waals surface area contributed by atoms with Crippen molar-refractivity contribution in [3.8, 4) is 0 Å². The van der Waals surface area contributed by atoms with Crippen molar-refractivity contribution in [2.24, 2.45) is 0 Å². The molecule has 7 nitrogen and oxygen atoms in total. The van der Waals surface area contributed by atoms with E-state index in [4.69, 9.17) is 10.5 Å². The van der Waals surface area contributed by atoms with Crippen molar-refractivity contribution in [3.05, 3.63) is 47.7 Å². The van der Waals surface area contributed by atoms with Crippen LogP contribution < -0.4 is 10.6 Å². The number of nitrogens with two attached hydrogens (primary N) is 1. The van der Waals surface area contributed by atoms with Crippen LogP contribution in [0.5, 0.6) is 0 Å². The fourth-order valence-electron chi connectivity index (χ4n) is 3.51. The highest BCUT2D eigenvalue weighted by Gasteiger charge is 2.25. The van der Waals surface area contributed by atoms with Gasteiger partial charge in [0.2, 0.25) is 5.95 Å². The molecule has 2 aliphatic heterocycles. The van der Waals surface area contributed by atoms with Gasteiger partial charge in [0.25, 0.3) is 5.91 Å². The maximum atomic E-state index is 12.6. The first-order chi connectivity index (χ1) is 12.7. The SMILES string of the molecule is Nc1nc([C@H]2CCOC2)cc(N2CCN(C(=O)c3ccccc3)CC2)n1. The van der Waals surface area contributed by atoms with Crippen molar-refractivity contribution >= 4 is 17.7 Å². The number of anilines is 2. The zero-order valence-electron chi connectivity index (χ0n) is 14.7. The van der Waals surface area contributed by atoms with Gasteiger partial charge in [-0.05, 0) is 18.6 Å². The van der Waals surface area contributed by atoms with Crippen molar-refractivity contribution in [3.63, 3.8) is 0 Å². The van der Waals surface area contributed by atoms with Gasteiger partial charge in [0, 0.05) is 50.3 Å². The number of carbonyl (C=O) groups excluding carboxylic acids is 1. The standard InChI is InChI=1S/C19H23N5O2/c20-19-21-16(15-6-11-26-13-15)12-17(22-19)23-7-9-24(10-8-23)18(25)14-4-2-1-3-5-14/h1-5,12,15H,6-11,13H2,(H2,20,21,22)/t15-/m0/s1. The Kier molecular flexibility index (Phi) is 4.71. The lowest BCUT2D eigenvalue weighted by molar-refractivity contribution is 0.0746. The molecule has 2 saturated heterocycles. The third-order valence-electron chi connectivity index (χ3n) is 5.01. The number of nitrogens with zero attached hydrogens (tertiary/aromatic N) is 4. The van der Waals surface area contributed by atoms with E-state index in [1.54, 1.807) is 0 Å². The molecular weight excluding hydrogens is 330 g/mol. The Morgan fingerprint density at radius 2 is 1.88 bits per heavy atom. The average molecular weight is 353 g/mol. The number of nitrogen functional groups attached to an aromatic ring is 1. The number of rotatable bonds is 3. The molecule has 1 aromatic heterocycles. The van der Waals surface area contributed by atoms with Crippen LogP contribution in [0.15, 0.2) is 36.4 Å². The predicted molar refractivity (Wildman–Crippen MR) is 99.2 cm³/mol. The molecule has 0 saturated carbocycles. The second kappa shape index (κ2) is 7.29. The molecule has 1 atom stereocenters. The van der Waals surface area contributed by atoms with Crippen LogP contribution in [0, 0.1) is 0 Å². The largest absolute Gasteiger partial charge is 0.381 e. The Balaban J connectivity index is 1.44. The second-order valence-electron chi connectivity index (χ2n) is 6.71. The van der Waals surface area contributed by atoms with E-state index in [2.05, 4.69) is 14.9 Å². The number of aromatic nitrogens is 2. The highest BCUT2D eigenvalue weighted by atomic mass is 16.5. The van der Waals surface area contributed by atoms with Crippen molar-refractivity contribution in [1.82, 2.24) is 14.9 Å². The highest BCUT2D eigenvalue weighted by Crippen LogP contribution is 2.27. The molecule has 1 aromatic carbocycles. The van der Waals surface area contributed by atoms with Crippen LogP contribution in [-0.4, -0.2) is 60.2 Å². The third kappa shape index (κ3) is 3.48. The summed E-state index contributed by atoms with van der Waals surface area (Å²) in [5.74, 6) is 1.51. The van der Waals surface area contributed by atoms with E-state index in [-0.39, 0.29) is 5.91 Å². The molecule has 4 rings (SSSR count). The lowest BCUT2D eigenvalue weighted by Crippen LogP contribution is -2.49. The van der Waals surface area contributed by atoms with Crippen molar-refractivity contribution in [2.75, 3.05) is 50.0 Å². The molecule has 26 heavy (non-hydrogen) atoms. The van der Waals surface area contributed by atoms with Gasteiger partial charge in [-0.3, -0.25) is 4.79 Å². The summed E-state index contributed by atoms with van der Waals surface area (Å²) in [5.41, 5.74) is 7.61. The Labute approximate surface area is 152 Å². The maximum Gasteiger partial charge on any atom is 0.253 e. The molecule has 1 amide bonds. The zero-order chi connectivity index (χ0) is 17.9. The summed E-state index contributed by atoms with van der Waals surface area (Å²) >= 11 is 0. The Morgan fingerprint density at radius 3 is 2.58 bits per heavy atom. The fraction of sp³-hybridized carbons (Fsp3) is 0.421. The summed E-state index contributed by atoms with van der Waals surface area (Å²) < 4.78 is 5.46. The first-order valence-corrected chi connectivity index (χ1v) is 9.02. The summed E-state index contributed by atoms with van der Waals surface area (Å²) in [5, 5.41) is 0. The van der Waals surface area contributed by atoms with E-state index in [0.717, 1.165) is 43.2 Å². The lowest BCUT2D eigenvalue weighted by Gasteiger charge is -2.35. The minimum Gasteiger partial charge on any atom is -0.381 e. The monoisotopic (exact) mass is 353 g/mol. The van der Waals surface area contributed by atoms with Crippen LogP contribution in [0.3, 0.4) is 0 Å². The molecule has 0 bridgehead atoms. The minimum atomic E-state index is 0.0799. The number of ether oxygens (including phenoxy) is 1. The van der Waals surface area contributed by atoms with Crippen molar-refractivity contribution < 1.29 is 9.53 Å². The van der Waals surface area contributed by atoms with Gasteiger partial charge in [-0.15, -0.1) is 0 Å². The van der Waals surface area contributed by atoms with E-state index in [1.165, 1.54) is 0 Å². The normalized spacial score (nSPS) is 20.4. The van der Waals surface area contributed by atoms with Crippen molar-refractivity contribution in [2.45, 2.75) is 12.3 Å². The van der Waals surface area contributed by atoms with E-state index >= 15 is 0 Å². The molecule has 2 fully saturated rings. The quantitative estimate of drug-likeness (QED) is 0.901. The van der Waals surface area contributed by atoms with Crippen LogP contribution in [-0.2, 0) is 4.74 Å². The third-order valence-corrected chi connectivity index (χ3v) is 5.01. The smallest absolute Gasteiger partial charge is 0.253 e. The van der Waals surface area contributed by atoms with Gasteiger partial charge in [-0.25, -0.2) is 4.98 Å². The van der Waals surface area contributed by atoms with Gasteiger partial charge in [0.1, 0.15) is 5.82 Å². The van der Waals surface area contributed by atoms with Gasteiger partial charge < -0.3 is 20.3 Å². The number of benzene rings is 1.